The van der Waals surface area contributed by atoms with Gasteiger partial charge in [0.1, 0.15) is 17.1 Å². The maximum absolute atomic E-state index is 11.2. The number of hydrogen-bond acceptors (Lipinski definition) is 5. The van der Waals surface area contributed by atoms with Gasteiger partial charge in [0.05, 0.1) is 18.2 Å². The molecule has 0 aliphatic heterocycles. The summed E-state index contributed by atoms with van der Waals surface area (Å²) < 4.78 is 15.8. The van der Waals surface area contributed by atoms with Crippen LogP contribution in [-0.4, -0.2) is 30.8 Å². The van der Waals surface area contributed by atoms with Crippen molar-refractivity contribution in [1.82, 2.24) is 0 Å². The van der Waals surface area contributed by atoms with E-state index in [0.717, 1.165) is 0 Å². The molecule has 0 atom stereocenters. The number of esters is 1. The van der Waals surface area contributed by atoms with Crippen molar-refractivity contribution in [2.24, 2.45) is 0 Å². The van der Waals surface area contributed by atoms with Gasteiger partial charge in [-0.1, -0.05) is 12.1 Å². The second-order valence-electron chi connectivity index (χ2n) is 5.03. The quantitative estimate of drug-likeness (QED) is 0.724. The fourth-order valence-electron chi connectivity index (χ4n) is 2.30. The molecular weight excluding hydrogens is 312 g/mol. The summed E-state index contributed by atoms with van der Waals surface area (Å²) in [4.78, 5) is 22.3. The van der Waals surface area contributed by atoms with E-state index in [2.05, 4.69) is 4.74 Å². The monoisotopic (exact) mass is 326 g/mol. The van der Waals surface area contributed by atoms with Crippen LogP contribution in [0.5, 0.6) is 5.75 Å². The van der Waals surface area contributed by atoms with Gasteiger partial charge in [0.25, 0.3) is 0 Å². The molecule has 0 aliphatic carbocycles. The van der Waals surface area contributed by atoms with Crippen molar-refractivity contribution in [2.45, 2.75) is 0 Å². The number of fused-ring (bicyclic) bond motifs is 1. The Morgan fingerprint density at radius 1 is 1.12 bits per heavy atom. The van der Waals surface area contributed by atoms with Gasteiger partial charge in [0, 0.05) is 5.39 Å². The first-order chi connectivity index (χ1) is 11.6. The lowest BCUT2D eigenvalue weighted by Gasteiger charge is -2.08. The van der Waals surface area contributed by atoms with E-state index < -0.39 is 11.9 Å². The zero-order chi connectivity index (χ0) is 17.1. The summed E-state index contributed by atoms with van der Waals surface area (Å²) in [6.07, 6.45) is 0. The average molecular weight is 326 g/mol. The molecule has 0 saturated heterocycles. The number of benzene rings is 2. The normalized spacial score (nSPS) is 10.5. The number of aromatic carboxylic acids is 1. The molecule has 0 bridgehead atoms. The number of carbonyl (C=O) groups excluding carboxylic acids is 1. The molecule has 24 heavy (non-hydrogen) atoms. The first-order valence-electron chi connectivity index (χ1n) is 7.14. The zero-order valence-corrected chi connectivity index (χ0v) is 12.8. The van der Waals surface area contributed by atoms with E-state index in [4.69, 9.17) is 14.3 Å². The van der Waals surface area contributed by atoms with Gasteiger partial charge in [-0.3, -0.25) is 0 Å². The van der Waals surface area contributed by atoms with Crippen molar-refractivity contribution in [1.29, 1.82) is 0 Å². The summed E-state index contributed by atoms with van der Waals surface area (Å²) in [5.74, 6) is -0.490. The third-order valence-corrected chi connectivity index (χ3v) is 3.49. The highest BCUT2D eigenvalue weighted by Gasteiger charge is 2.14. The van der Waals surface area contributed by atoms with E-state index >= 15 is 0 Å². The highest BCUT2D eigenvalue weighted by molar-refractivity contribution is 5.94. The first kappa shape index (κ1) is 15.6. The highest BCUT2D eigenvalue weighted by atomic mass is 16.6. The Morgan fingerprint density at radius 3 is 2.67 bits per heavy atom. The predicted molar refractivity (Wildman–Crippen MR) is 86.1 cm³/mol. The smallest absolute Gasteiger partial charge is 0.343 e. The van der Waals surface area contributed by atoms with Gasteiger partial charge in [0.2, 0.25) is 0 Å². The third kappa shape index (κ3) is 3.08. The maximum Gasteiger partial charge on any atom is 0.343 e. The Balaban J connectivity index is 1.98. The van der Waals surface area contributed by atoms with Gasteiger partial charge < -0.3 is 19.0 Å². The van der Waals surface area contributed by atoms with Crippen LogP contribution in [0.4, 0.5) is 0 Å². The largest absolute Gasteiger partial charge is 0.481 e. The van der Waals surface area contributed by atoms with Gasteiger partial charge in [-0.15, -0.1) is 0 Å². The molecule has 0 radical (unpaired) electrons. The number of methoxy groups -OCH3 is 1. The molecule has 2 aromatic carbocycles. The van der Waals surface area contributed by atoms with Gasteiger partial charge in [0.15, 0.2) is 6.61 Å². The molecule has 122 valence electrons. The molecule has 1 N–H and O–H groups in total. The van der Waals surface area contributed by atoms with Crippen LogP contribution in [0, 0.1) is 0 Å². The Kier molecular flexibility index (Phi) is 4.20. The third-order valence-electron chi connectivity index (χ3n) is 3.49. The molecule has 0 spiro atoms. The SMILES string of the molecule is COC(=O)COc1ccccc1-c1cc2cc(C(=O)O)ccc2o1. The molecule has 6 heteroatoms. The Bertz CT molecular complexity index is 909. The Labute approximate surface area is 137 Å². The summed E-state index contributed by atoms with van der Waals surface area (Å²) in [5.41, 5.74) is 1.41. The van der Waals surface area contributed by atoms with Crippen LogP contribution in [0.25, 0.3) is 22.3 Å². The Hall–Kier alpha value is -3.28. The van der Waals surface area contributed by atoms with Gasteiger partial charge in [-0.05, 0) is 36.4 Å². The molecule has 1 aromatic heterocycles. The fourth-order valence-corrected chi connectivity index (χ4v) is 2.30. The molecule has 0 aliphatic rings. The number of furan rings is 1. The molecular formula is C18H14O6. The van der Waals surface area contributed by atoms with Crippen LogP contribution in [0.15, 0.2) is 52.9 Å². The lowest BCUT2D eigenvalue weighted by molar-refractivity contribution is -0.142. The number of rotatable bonds is 5. The van der Waals surface area contributed by atoms with Crippen LogP contribution in [0.2, 0.25) is 0 Å². The van der Waals surface area contributed by atoms with E-state index in [9.17, 15) is 9.59 Å². The van der Waals surface area contributed by atoms with Gasteiger partial charge >= 0.3 is 11.9 Å². The van der Waals surface area contributed by atoms with E-state index in [1.165, 1.54) is 13.2 Å². The van der Waals surface area contributed by atoms with Crippen LogP contribution >= 0.6 is 0 Å². The van der Waals surface area contributed by atoms with Crippen molar-refractivity contribution in [3.8, 4) is 17.1 Å². The number of hydrogen-bond donors (Lipinski definition) is 1. The predicted octanol–water partition coefficient (Wildman–Crippen LogP) is 3.35. The molecule has 0 unspecified atom stereocenters. The van der Waals surface area contributed by atoms with Crippen LogP contribution in [0.1, 0.15) is 10.4 Å². The van der Waals surface area contributed by atoms with Crippen LogP contribution < -0.4 is 4.74 Å². The van der Waals surface area contributed by atoms with Gasteiger partial charge in [-0.2, -0.15) is 0 Å². The van der Waals surface area contributed by atoms with E-state index in [1.807, 2.05) is 6.07 Å². The van der Waals surface area contributed by atoms with Crippen molar-refractivity contribution in [3.05, 3.63) is 54.1 Å². The molecule has 0 fully saturated rings. The van der Waals surface area contributed by atoms with Crippen molar-refractivity contribution >= 4 is 22.9 Å². The number of carboxylic acids is 1. The molecule has 3 rings (SSSR count). The molecule has 0 saturated carbocycles. The van der Waals surface area contributed by atoms with Crippen LogP contribution in [0.3, 0.4) is 0 Å². The maximum atomic E-state index is 11.2. The molecule has 6 nitrogen and oxygen atoms in total. The summed E-state index contributed by atoms with van der Waals surface area (Å²) >= 11 is 0. The van der Waals surface area contributed by atoms with Crippen molar-refractivity contribution in [2.75, 3.05) is 13.7 Å². The van der Waals surface area contributed by atoms with E-state index in [1.54, 1.807) is 36.4 Å². The molecule has 1 heterocycles. The minimum atomic E-state index is -0.999. The molecule has 0 amide bonds. The fraction of sp³-hybridized carbons (Fsp3) is 0.111. The minimum absolute atomic E-state index is 0.185. The minimum Gasteiger partial charge on any atom is -0.481 e. The highest BCUT2D eigenvalue weighted by Crippen LogP contribution is 2.34. The first-order valence-corrected chi connectivity index (χ1v) is 7.14. The number of ether oxygens (including phenoxy) is 2. The van der Waals surface area contributed by atoms with E-state index in [-0.39, 0.29) is 12.2 Å². The average Bonchev–Trinajstić information content (AvgIpc) is 3.02. The lowest BCUT2D eigenvalue weighted by atomic mass is 10.1. The second kappa shape index (κ2) is 6.45. The van der Waals surface area contributed by atoms with Crippen molar-refractivity contribution in [3.63, 3.8) is 0 Å². The molecule has 3 aromatic rings. The lowest BCUT2D eigenvalue weighted by Crippen LogP contribution is -2.12. The van der Waals surface area contributed by atoms with E-state index in [0.29, 0.717) is 28.0 Å². The summed E-state index contributed by atoms with van der Waals surface area (Å²) in [5, 5.41) is 9.74. The number of carbonyl (C=O) groups is 2. The summed E-state index contributed by atoms with van der Waals surface area (Å²) in [7, 11) is 1.29. The van der Waals surface area contributed by atoms with Crippen LogP contribution in [-0.2, 0) is 9.53 Å². The topological polar surface area (TPSA) is 86.0 Å². The second-order valence-corrected chi connectivity index (χ2v) is 5.03. The Morgan fingerprint density at radius 2 is 1.92 bits per heavy atom. The standard InChI is InChI=1S/C18H14O6/c1-22-17(19)10-23-15-5-3-2-4-13(15)16-9-12-8-11(18(20)21)6-7-14(12)24-16/h2-9H,10H2,1H3,(H,20,21). The van der Waals surface area contributed by atoms with Gasteiger partial charge in [-0.25, -0.2) is 9.59 Å². The van der Waals surface area contributed by atoms with Crippen molar-refractivity contribution < 1.29 is 28.6 Å². The zero-order valence-electron chi connectivity index (χ0n) is 12.8. The summed E-state index contributed by atoms with van der Waals surface area (Å²) in [6.45, 7) is -0.211. The number of para-hydroxylation sites is 1. The summed E-state index contributed by atoms with van der Waals surface area (Å²) in [6, 6.07) is 13.5. The number of carboxylic acid groups (broad SMARTS) is 1.